The number of thioether (sulfide) groups is 1. The molecule has 220 valence electrons. The predicted molar refractivity (Wildman–Crippen MR) is 167 cm³/mol. The second kappa shape index (κ2) is 12.7. The lowest BCUT2D eigenvalue weighted by atomic mass is 9.94. The van der Waals surface area contributed by atoms with Crippen molar-refractivity contribution in [3.8, 4) is 0 Å². The molecule has 0 spiro atoms. The van der Waals surface area contributed by atoms with Crippen molar-refractivity contribution in [1.29, 1.82) is 0 Å². The van der Waals surface area contributed by atoms with Crippen LogP contribution in [0.15, 0.2) is 64.6 Å². The van der Waals surface area contributed by atoms with Crippen LogP contribution in [-0.2, 0) is 14.4 Å². The molecule has 3 amide bonds. The number of benzene rings is 2. The molecule has 2 aromatic carbocycles. The van der Waals surface area contributed by atoms with Gasteiger partial charge in [-0.3, -0.25) is 19.4 Å². The number of carbonyl (C=O) groups is 3. The van der Waals surface area contributed by atoms with Crippen LogP contribution in [0, 0.1) is 0 Å². The fraction of sp³-hybridized carbons (Fsp3) is 0.469. The first kappa shape index (κ1) is 28.5. The molecule has 4 aliphatic rings. The molecule has 6 rings (SSSR count). The van der Waals surface area contributed by atoms with Crippen molar-refractivity contribution in [2.45, 2.75) is 57.0 Å². The number of amides is 3. The minimum absolute atomic E-state index is 0.0492. The minimum Gasteiger partial charge on any atom is -0.368 e. The molecule has 42 heavy (non-hydrogen) atoms. The van der Waals surface area contributed by atoms with Crippen molar-refractivity contribution >= 4 is 51.9 Å². The van der Waals surface area contributed by atoms with Crippen LogP contribution in [0.4, 0.5) is 11.4 Å². The molecule has 1 atom stereocenters. The van der Waals surface area contributed by atoms with Gasteiger partial charge in [-0.05, 0) is 43.5 Å². The number of hydrogen-bond donors (Lipinski definition) is 0. The maximum absolute atomic E-state index is 13.7. The van der Waals surface area contributed by atoms with Crippen molar-refractivity contribution in [3.63, 3.8) is 0 Å². The summed E-state index contributed by atoms with van der Waals surface area (Å²) in [5.41, 5.74) is 2.71. The van der Waals surface area contributed by atoms with Crippen molar-refractivity contribution in [2.24, 2.45) is 9.98 Å². The molecular formula is C32H38N6O3S. The summed E-state index contributed by atoms with van der Waals surface area (Å²) in [5.74, 6) is 0.702. The highest BCUT2D eigenvalue weighted by Gasteiger charge is 2.42. The first-order chi connectivity index (χ1) is 20.5. The summed E-state index contributed by atoms with van der Waals surface area (Å²) in [6.45, 7) is 2.90. The average molecular weight is 587 g/mol. The molecule has 2 aromatic rings. The van der Waals surface area contributed by atoms with Gasteiger partial charge in [-0.1, -0.05) is 61.4 Å². The van der Waals surface area contributed by atoms with Gasteiger partial charge in [0, 0.05) is 56.9 Å². The normalized spacial score (nSPS) is 20.5. The SMILES string of the molecule is CN(C(=O)CSC1=Nc2ccccc2C2=N[C@@H](CCC(=O)N3CCN(c4ccccc4)CC3)C(=O)N12)C1CCCCC1. The quantitative estimate of drug-likeness (QED) is 0.483. The Labute approximate surface area is 251 Å². The van der Waals surface area contributed by atoms with Crippen molar-refractivity contribution in [1.82, 2.24) is 14.7 Å². The van der Waals surface area contributed by atoms with Crippen molar-refractivity contribution < 1.29 is 14.4 Å². The van der Waals surface area contributed by atoms with Gasteiger partial charge in [0.05, 0.1) is 11.4 Å². The van der Waals surface area contributed by atoms with E-state index in [1.165, 1.54) is 23.9 Å². The Morgan fingerprint density at radius 1 is 0.952 bits per heavy atom. The van der Waals surface area contributed by atoms with E-state index < -0.39 is 6.04 Å². The van der Waals surface area contributed by atoms with Gasteiger partial charge in [-0.15, -0.1) is 0 Å². The van der Waals surface area contributed by atoms with Gasteiger partial charge >= 0.3 is 0 Å². The predicted octanol–water partition coefficient (Wildman–Crippen LogP) is 4.30. The Hall–Kier alpha value is -3.66. The number of anilines is 1. The lowest BCUT2D eigenvalue weighted by molar-refractivity contribution is -0.132. The van der Waals surface area contributed by atoms with Crippen LogP contribution in [0.5, 0.6) is 0 Å². The van der Waals surface area contributed by atoms with Gasteiger partial charge in [0.15, 0.2) is 5.17 Å². The second-order valence-corrected chi connectivity index (χ2v) is 12.3. The molecule has 1 saturated carbocycles. The van der Waals surface area contributed by atoms with E-state index in [9.17, 15) is 14.4 Å². The van der Waals surface area contributed by atoms with Crippen LogP contribution in [0.1, 0.15) is 50.5 Å². The first-order valence-electron chi connectivity index (χ1n) is 15.1. The molecule has 3 aliphatic heterocycles. The van der Waals surface area contributed by atoms with E-state index in [0.717, 1.165) is 50.0 Å². The van der Waals surface area contributed by atoms with Crippen LogP contribution in [0.3, 0.4) is 0 Å². The molecule has 0 radical (unpaired) electrons. The topological polar surface area (TPSA) is 88.9 Å². The number of hydrogen-bond acceptors (Lipinski definition) is 7. The smallest absolute Gasteiger partial charge is 0.259 e. The standard InChI is InChI=1S/C32H38N6O3S/c1-35(23-10-4-2-5-11-23)29(40)22-42-32-34-26-15-9-8-14-25(26)30-33-27(31(41)38(30)32)16-17-28(39)37-20-18-36(19-21-37)24-12-6-3-7-13-24/h3,6-9,12-15,23,27H,2,4-5,10-11,16-22H2,1H3/t27-/m0/s1. The average Bonchev–Trinajstić information content (AvgIpc) is 3.39. The summed E-state index contributed by atoms with van der Waals surface area (Å²) in [7, 11) is 1.89. The molecule has 1 saturated heterocycles. The lowest BCUT2D eigenvalue weighted by Gasteiger charge is -2.36. The third-order valence-corrected chi connectivity index (χ3v) is 9.70. The van der Waals surface area contributed by atoms with Crippen molar-refractivity contribution in [2.75, 3.05) is 43.9 Å². The number of piperazine rings is 1. The van der Waals surface area contributed by atoms with Crippen LogP contribution in [0.25, 0.3) is 0 Å². The fourth-order valence-corrected chi connectivity index (χ4v) is 7.18. The fourth-order valence-electron chi connectivity index (χ4n) is 6.26. The van der Waals surface area contributed by atoms with Gasteiger partial charge in [-0.25, -0.2) is 9.89 Å². The number of amidine groups is 2. The van der Waals surface area contributed by atoms with Gasteiger partial charge in [0.25, 0.3) is 5.91 Å². The number of rotatable bonds is 7. The van der Waals surface area contributed by atoms with E-state index in [-0.39, 0.29) is 35.9 Å². The third kappa shape index (κ3) is 5.95. The van der Waals surface area contributed by atoms with E-state index in [1.54, 1.807) is 4.90 Å². The highest BCUT2D eigenvalue weighted by molar-refractivity contribution is 8.14. The lowest BCUT2D eigenvalue weighted by Crippen LogP contribution is -2.49. The number of aliphatic imine (C=N–C) groups is 2. The zero-order valence-electron chi connectivity index (χ0n) is 24.2. The van der Waals surface area contributed by atoms with Crippen LogP contribution >= 0.6 is 11.8 Å². The molecule has 1 aliphatic carbocycles. The summed E-state index contributed by atoms with van der Waals surface area (Å²) < 4.78 is 0. The van der Waals surface area contributed by atoms with E-state index in [2.05, 4.69) is 17.0 Å². The highest BCUT2D eigenvalue weighted by atomic mass is 32.2. The molecule has 0 bridgehead atoms. The molecule has 3 heterocycles. The molecule has 0 aromatic heterocycles. The number of para-hydroxylation sites is 2. The van der Waals surface area contributed by atoms with E-state index in [1.807, 2.05) is 59.3 Å². The number of carbonyl (C=O) groups excluding carboxylic acids is 3. The van der Waals surface area contributed by atoms with Crippen LogP contribution < -0.4 is 4.90 Å². The Kier molecular flexibility index (Phi) is 8.60. The van der Waals surface area contributed by atoms with E-state index in [4.69, 9.17) is 9.98 Å². The summed E-state index contributed by atoms with van der Waals surface area (Å²) >= 11 is 1.29. The first-order valence-corrected chi connectivity index (χ1v) is 16.0. The third-order valence-electron chi connectivity index (χ3n) is 8.77. The maximum atomic E-state index is 13.7. The molecule has 0 unspecified atom stereocenters. The van der Waals surface area contributed by atoms with Crippen molar-refractivity contribution in [3.05, 3.63) is 60.2 Å². The minimum atomic E-state index is -0.646. The van der Waals surface area contributed by atoms with Gasteiger partial charge in [0.1, 0.15) is 11.9 Å². The largest absolute Gasteiger partial charge is 0.368 e. The Bertz CT molecular complexity index is 1380. The zero-order chi connectivity index (χ0) is 29.1. The molecule has 2 fully saturated rings. The van der Waals surface area contributed by atoms with E-state index >= 15 is 0 Å². The van der Waals surface area contributed by atoms with Gasteiger partial charge in [0.2, 0.25) is 11.8 Å². The summed E-state index contributed by atoms with van der Waals surface area (Å²) in [5, 5.41) is 0.480. The Balaban J connectivity index is 1.08. The molecule has 10 heteroatoms. The monoisotopic (exact) mass is 586 g/mol. The van der Waals surface area contributed by atoms with Gasteiger partial charge in [-0.2, -0.15) is 0 Å². The number of fused-ring (bicyclic) bond motifs is 3. The van der Waals surface area contributed by atoms with Crippen LogP contribution in [0.2, 0.25) is 0 Å². The molecule has 9 nitrogen and oxygen atoms in total. The Morgan fingerprint density at radius 3 is 2.43 bits per heavy atom. The second-order valence-electron chi connectivity index (χ2n) is 11.4. The zero-order valence-corrected chi connectivity index (χ0v) is 25.0. The molecular weight excluding hydrogens is 548 g/mol. The molecule has 0 N–H and O–H groups in total. The Morgan fingerprint density at radius 2 is 1.67 bits per heavy atom. The van der Waals surface area contributed by atoms with E-state index in [0.29, 0.717) is 30.5 Å². The summed E-state index contributed by atoms with van der Waals surface area (Å²) in [4.78, 5) is 57.1. The highest BCUT2D eigenvalue weighted by Crippen LogP contribution is 2.34. The summed E-state index contributed by atoms with van der Waals surface area (Å²) in [6, 6.07) is 17.5. The van der Waals surface area contributed by atoms with Crippen LogP contribution in [-0.4, -0.2) is 94.5 Å². The van der Waals surface area contributed by atoms with Gasteiger partial charge < -0.3 is 14.7 Å². The number of nitrogens with zero attached hydrogens (tertiary/aromatic N) is 6. The maximum Gasteiger partial charge on any atom is 0.259 e. The summed E-state index contributed by atoms with van der Waals surface area (Å²) in [6.07, 6.45) is 6.26.